The second-order valence-electron chi connectivity index (χ2n) is 12.2. The Morgan fingerprint density at radius 1 is 0.490 bits per heavy atom. The van der Waals surface area contributed by atoms with Crippen molar-refractivity contribution in [2.24, 2.45) is 0 Å². The van der Waals surface area contributed by atoms with Gasteiger partial charge in [-0.2, -0.15) is 0 Å². The van der Waals surface area contributed by atoms with Gasteiger partial charge in [0.25, 0.3) is 0 Å². The van der Waals surface area contributed by atoms with Gasteiger partial charge in [-0.15, -0.1) is 11.3 Å². The van der Waals surface area contributed by atoms with Gasteiger partial charge in [-0.1, -0.05) is 127 Å². The summed E-state index contributed by atoms with van der Waals surface area (Å²) in [5, 5.41) is 6.06. The lowest BCUT2D eigenvalue weighted by Crippen LogP contribution is -2.11. The highest BCUT2D eigenvalue weighted by Gasteiger charge is 2.22. The molecule has 0 saturated carbocycles. The molecule has 10 aromatic rings. The summed E-state index contributed by atoms with van der Waals surface area (Å²) in [6, 6.07) is 49.8. The van der Waals surface area contributed by atoms with Crippen molar-refractivity contribution in [1.82, 2.24) is 0 Å². The number of nitrogens with zero attached hydrogens (tertiary/aromatic N) is 1. The standard InChI is InChI=1S/C46H29NOS/c1-2-11-31(12-3-1)35-14-6-8-17-40(35)47(41-18-10-19-42-45(41)39-28-23-32-13-4-5-15-36(32)46(39)48-42)34-25-21-30(22-26-34)33-24-27-38-37-16-7-9-20-43(37)49-44(38)29-33/h1-29H/i21D,22D,25D,26D. The maximum atomic E-state index is 9.67. The van der Waals surface area contributed by atoms with Crippen LogP contribution in [0, 0.1) is 0 Å². The Hall–Kier alpha value is -6.16. The van der Waals surface area contributed by atoms with Crippen LogP contribution < -0.4 is 4.90 Å². The second kappa shape index (κ2) is 11.2. The summed E-state index contributed by atoms with van der Waals surface area (Å²) in [6.07, 6.45) is 0. The third kappa shape index (κ3) is 4.55. The van der Waals surface area contributed by atoms with E-state index in [1.807, 2.05) is 120 Å². The van der Waals surface area contributed by atoms with E-state index >= 15 is 0 Å². The molecule has 230 valence electrons. The number of anilines is 3. The van der Waals surface area contributed by atoms with Crippen molar-refractivity contribution in [3.05, 3.63) is 176 Å². The fraction of sp³-hybridized carbons (Fsp3) is 0. The van der Waals surface area contributed by atoms with Gasteiger partial charge in [-0.3, -0.25) is 0 Å². The second-order valence-corrected chi connectivity index (χ2v) is 13.3. The van der Waals surface area contributed by atoms with Crippen molar-refractivity contribution in [1.29, 1.82) is 0 Å². The molecule has 0 amide bonds. The average Bonchev–Trinajstić information content (AvgIpc) is 3.78. The fourth-order valence-corrected chi connectivity index (χ4v) is 8.21. The average molecular weight is 648 g/mol. The molecule has 0 aliphatic heterocycles. The van der Waals surface area contributed by atoms with Crippen LogP contribution in [-0.4, -0.2) is 0 Å². The molecule has 10 rings (SSSR count). The third-order valence-corrected chi connectivity index (χ3v) is 10.5. The Morgan fingerprint density at radius 2 is 1.20 bits per heavy atom. The molecule has 49 heavy (non-hydrogen) atoms. The Morgan fingerprint density at radius 3 is 2.10 bits per heavy atom. The number of furan rings is 1. The quantitative estimate of drug-likeness (QED) is 0.185. The van der Waals surface area contributed by atoms with E-state index in [0.717, 1.165) is 64.1 Å². The predicted octanol–water partition coefficient (Wildman–Crippen LogP) is 13.9. The molecular formula is C46H29NOS. The molecule has 0 fully saturated rings. The van der Waals surface area contributed by atoms with Crippen LogP contribution in [-0.2, 0) is 0 Å². The van der Waals surface area contributed by atoms with Gasteiger partial charge in [0.05, 0.1) is 22.2 Å². The zero-order chi connectivity index (χ0) is 35.8. The first-order chi connectivity index (χ1) is 26.0. The minimum atomic E-state index is -0.129. The number of thiophene rings is 1. The van der Waals surface area contributed by atoms with Gasteiger partial charge < -0.3 is 9.32 Å². The number of benzene rings is 8. The summed E-state index contributed by atoms with van der Waals surface area (Å²) >= 11 is 1.66. The van der Waals surface area contributed by atoms with Crippen LogP contribution in [0.1, 0.15) is 5.48 Å². The molecular weight excluding hydrogens is 615 g/mol. The molecule has 0 saturated heterocycles. The van der Waals surface area contributed by atoms with Crippen LogP contribution in [0.5, 0.6) is 0 Å². The molecule has 0 atom stereocenters. The van der Waals surface area contributed by atoms with Crippen LogP contribution in [0.15, 0.2) is 180 Å². The molecule has 0 radical (unpaired) electrons. The van der Waals surface area contributed by atoms with E-state index in [1.165, 1.54) is 0 Å². The summed E-state index contributed by atoms with van der Waals surface area (Å²) in [5.74, 6) is 0. The molecule has 0 N–H and O–H groups in total. The van der Waals surface area contributed by atoms with E-state index in [4.69, 9.17) is 4.42 Å². The van der Waals surface area contributed by atoms with Gasteiger partial charge in [0.1, 0.15) is 11.2 Å². The molecule has 2 aromatic heterocycles. The third-order valence-electron chi connectivity index (χ3n) is 9.34. The molecule has 0 spiro atoms. The lowest BCUT2D eigenvalue weighted by molar-refractivity contribution is 0.672. The van der Waals surface area contributed by atoms with E-state index in [0.29, 0.717) is 16.8 Å². The van der Waals surface area contributed by atoms with Crippen LogP contribution in [0.2, 0.25) is 0 Å². The highest BCUT2D eigenvalue weighted by molar-refractivity contribution is 7.25. The monoisotopic (exact) mass is 647 g/mol. The van der Waals surface area contributed by atoms with Crippen molar-refractivity contribution in [2.45, 2.75) is 0 Å². The van der Waals surface area contributed by atoms with Crippen LogP contribution >= 0.6 is 11.3 Å². The maximum absolute atomic E-state index is 9.67. The van der Waals surface area contributed by atoms with Gasteiger partial charge in [0, 0.05) is 42.2 Å². The fourth-order valence-electron chi connectivity index (χ4n) is 7.07. The van der Waals surface area contributed by atoms with Crippen molar-refractivity contribution in [3.8, 4) is 22.3 Å². The Balaban J connectivity index is 1.26. The van der Waals surface area contributed by atoms with E-state index in [-0.39, 0.29) is 35.4 Å². The lowest BCUT2D eigenvalue weighted by Gasteiger charge is -2.28. The predicted molar refractivity (Wildman–Crippen MR) is 210 cm³/mol. The SMILES string of the molecule is [2H]c1c([2H])c(N(c2ccccc2-c2ccccc2)c2cccc3oc4c5ccccc5ccc4c23)c([2H])c([2H])c1-c1ccc2c(c1)sc1ccccc12. The zero-order valence-corrected chi connectivity index (χ0v) is 27.0. The minimum Gasteiger partial charge on any atom is -0.455 e. The molecule has 2 heterocycles. The van der Waals surface area contributed by atoms with Crippen molar-refractivity contribution in [3.63, 3.8) is 0 Å². The van der Waals surface area contributed by atoms with E-state index in [1.54, 1.807) is 11.3 Å². The van der Waals surface area contributed by atoms with E-state index < -0.39 is 0 Å². The molecule has 0 unspecified atom stereocenters. The first kappa shape index (κ1) is 24.1. The van der Waals surface area contributed by atoms with Crippen LogP contribution in [0.3, 0.4) is 0 Å². The largest absolute Gasteiger partial charge is 0.455 e. The van der Waals surface area contributed by atoms with E-state index in [9.17, 15) is 5.48 Å². The summed E-state index contributed by atoms with van der Waals surface area (Å²) in [5.41, 5.74) is 5.79. The van der Waals surface area contributed by atoms with E-state index in [2.05, 4.69) is 36.4 Å². The van der Waals surface area contributed by atoms with Gasteiger partial charge >= 0.3 is 0 Å². The topological polar surface area (TPSA) is 16.4 Å². The molecule has 0 aliphatic rings. The number of hydrogen-bond acceptors (Lipinski definition) is 3. The number of hydrogen-bond donors (Lipinski definition) is 0. The summed E-state index contributed by atoms with van der Waals surface area (Å²) in [6.45, 7) is 0. The van der Waals surface area contributed by atoms with Crippen LogP contribution in [0.4, 0.5) is 17.1 Å². The molecule has 8 aromatic carbocycles. The highest BCUT2D eigenvalue weighted by atomic mass is 32.1. The Kier molecular flexibility index (Phi) is 5.51. The number of rotatable bonds is 5. The zero-order valence-electron chi connectivity index (χ0n) is 30.2. The first-order valence-corrected chi connectivity index (χ1v) is 17.1. The Bertz CT molecular complexity index is 3050. The van der Waals surface area contributed by atoms with Crippen molar-refractivity contribution < 1.29 is 9.90 Å². The highest BCUT2D eigenvalue weighted by Crippen LogP contribution is 2.47. The van der Waals surface area contributed by atoms with Gasteiger partial charge in [0.2, 0.25) is 0 Å². The van der Waals surface area contributed by atoms with Gasteiger partial charge in [0.15, 0.2) is 0 Å². The van der Waals surface area contributed by atoms with Gasteiger partial charge in [-0.25, -0.2) is 0 Å². The number of para-hydroxylation sites is 1. The lowest BCUT2D eigenvalue weighted by atomic mass is 9.99. The first-order valence-electron chi connectivity index (χ1n) is 18.3. The summed E-state index contributed by atoms with van der Waals surface area (Å²) in [4.78, 5) is 1.90. The van der Waals surface area contributed by atoms with Gasteiger partial charge in [-0.05, 0) is 70.6 Å². The van der Waals surface area contributed by atoms with Crippen LogP contribution in [0.25, 0.3) is 75.1 Å². The Labute approximate surface area is 293 Å². The van der Waals surface area contributed by atoms with Crippen molar-refractivity contribution >= 4 is 81.3 Å². The minimum absolute atomic E-state index is 0.0983. The molecule has 0 aliphatic carbocycles. The molecule has 0 bridgehead atoms. The van der Waals surface area contributed by atoms with Crippen molar-refractivity contribution in [2.75, 3.05) is 4.90 Å². The number of fused-ring (bicyclic) bond motifs is 8. The normalized spacial score (nSPS) is 12.8. The summed E-state index contributed by atoms with van der Waals surface area (Å²) < 4.78 is 47.1. The molecule has 2 nitrogen and oxygen atoms in total. The maximum Gasteiger partial charge on any atom is 0.143 e. The molecule has 3 heteroatoms. The smallest absolute Gasteiger partial charge is 0.143 e. The summed E-state index contributed by atoms with van der Waals surface area (Å²) in [7, 11) is 0.